The summed E-state index contributed by atoms with van der Waals surface area (Å²) < 4.78 is 13.6. The molecule has 1 aromatic carbocycles. The highest BCUT2D eigenvalue weighted by atomic mass is 19.1. The highest BCUT2D eigenvalue weighted by Crippen LogP contribution is 2.37. The molecule has 0 N–H and O–H groups in total. The van der Waals surface area contributed by atoms with Crippen molar-refractivity contribution in [2.75, 3.05) is 6.54 Å². The second-order valence-electron chi connectivity index (χ2n) is 5.91. The van der Waals surface area contributed by atoms with Gasteiger partial charge in [-0.2, -0.15) is 4.39 Å². The Hall–Kier alpha value is -1.49. The molecule has 2 aliphatic rings. The molecule has 0 radical (unpaired) electrons. The monoisotopic (exact) mass is 278 g/mol. The van der Waals surface area contributed by atoms with E-state index in [-0.39, 0.29) is 0 Å². The fourth-order valence-electron chi connectivity index (χ4n) is 3.73. The van der Waals surface area contributed by atoms with Gasteiger partial charge < -0.3 is 0 Å². The van der Waals surface area contributed by atoms with Crippen LogP contribution in [0.4, 0.5) is 10.1 Å². The molecule has 0 aromatic heterocycles. The summed E-state index contributed by atoms with van der Waals surface area (Å²) in [5.41, 5.74) is 0.394. The van der Waals surface area contributed by atoms with Crippen molar-refractivity contribution in [2.45, 2.75) is 44.7 Å². The number of rotatable bonds is 3. The molecule has 1 aliphatic heterocycles. The van der Waals surface area contributed by atoms with E-state index in [0.717, 1.165) is 18.0 Å². The summed E-state index contributed by atoms with van der Waals surface area (Å²) in [5, 5.41) is 10.6. The molecule has 2 fully saturated rings. The molecular formula is C15H19FN2O2. The zero-order valence-corrected chi connectivity index (χ0v) is 11.4. The van der Waals surface area contributed by atoms with Gasteiger partial charge in [-0.05, 0) is 43.4 Å². The number of fused-ring (bicyclic) bond motifs is 1. The average Bonchev–Trinajstić information content (AvgIpc) is 2.82. The van der Waals surface area contributed by atoms with E-state index in [1.807, 2.05) is 0 Å². The molecule has 2 atom stereocenters. The highest BCUT2D eigenvalue weighted by Gasteiger charge is 2.35. The molecule has 1 saturated heterocycles. The average molecular weight is 278 g/mol. The van der Waals surface area contributed by atoms with E-state index in [2.05, 4.69) is 4.90 Å². The molecule has 0 amide bonds. The first kappa shape index (κ1) is 13.5. The maximum Gasteiger partial charge on any atom is 0.304 e. The fourth-order valence-corrected chi connectivity index (χ4v) is 3.73. The maximum atomic E-state index is 13.6. The first-order valence-electron chi connectivity index (χ1n) is 7.32. The van der Waals surface area contributed by atoms with Gasteiger partial charge in [0.25, 0.3) is 0 Å². The Morgan fingerprint density at radius 1 is 1.30 bits per heavy atom. The van der Waals surface area contributed by atoms with Gasteiger partial charge in [-0.3, -0.25) is 15.0 Å². The lowest BCUT2D eigenvalue weighted by Gasteiger charge is -2.31. The summed E-state index contributed by atoms with van der Waals surface area (Å²) in [4.78, 5) is 12.4. The third-order valence-electron chi connectivity index (χ3n) is 4.72. The van der Waals surface area contributed by atoms with Crippen LogP contribution < -0.4 is 0 Å². The van der Waals surface area contributed by atoms with Crippen LogP contribution in [0.1, 0.15) is 37.7 Å². The van der Waals surface area contributed by atoms with Crippen molar-refractivity contribution in [3.63, 3.8) is 0 Å². The van der Waals surface area contributed by atoms with E-state index in [4.69, 9.17) is 0 Å². The fraction of sp³-hybridized carbons (Fsp3) is 0.600. The van der Waals surface area contributed by atoms with Gasteiger partial charge in [-0.25, -0.2) is 0 Å². The molecule has 0 spiro atoms. The van der Waals surface area contributed by atoms with Gasteiger partial charge in [-0.15, -0.1) is 0 Å². The van der Waals surface area contributed by atoms with Crippen molar-refractivity contribution in [3.8, 4) is 0 Å². The standard InChI is InChI=1S/C15H19FN2O2/c16-13-9-11(5-6-15(13)18(19)20)10-17-8-7-12-3-1-2-4-14(12)17/h5-6,9,12,14H,1-4,7-8,10H2. The summed E-state index contributed by atoms with van der Waals surface area (Å²) in [7, 11) is 0. The minimum atomic E-state index is -0.730. The van der Waals surface area contributed by atoms with Crippen molar-refractivity contribution in [2.24, 2.45) is 5.92 Å². The van der Waals surface area contributed by atoms with Crippen LogP contribution in [-0.2, 0) is 6.54 Å². The topological polar surface area (TPSA) is 46.4 Å². The maximum absolute atomic E-state index is 13.6. The van der Waals surface area contributed by atoms with Crippen molar-refractivity contribution in [1.82, 2.24) is 4.90 Å². The summed E-state index contributed by atoms with van der Waals surface area (Å²) >= 11 is 0. The first-order chi connectivity index (χ1) is 9.65. The molecule has 1 aromatic rings. The van der Waals surface area contributed by atoms with Gasteiger partial charge in [0.15, 0.2) is 0 Å². The molecule has 0 bridgehead atoms. The number of nitrogens with zero attached hydrogens (tertiary/aromatic N) is 2. The lowest BCUT2D eigenvalue weighted by molar-refractivity contribution is -0.387. The minimum Gasteiger partial charge on any atom is -0.296 e. The molecular weight excluding hydrogens is 259 g/mol. The van der Waals surface area contributed by atoms with Crippen LogP contribution in [0, 0.1) is 21.8 Å². The number of benzene rings is 1. The van der Waals surface area contributed by atoms with E-state index in [1.54, 1.807) is 6.07 Å². The smallest absolute Gasteiger partial charge is 0.296 e. The molecule has 1 heterocycles. The molecule has 108 valence electrons. The Bertz CT molecular complexity index is 521. The van der Waals surface area contributed by atoms with Gasteiger partial charge in [0.2, 0.25) is 5.82 Å². The van der Waals surface area contributed by atoms with Crippen LogP contribution in [0.2, 0.25) is 0 Å². The summed E-state index contributed by atoms with van der Waals surface area (Å²) in [6.45, 7) is 1.77. The quantitative estimate of drug-likeness (QED) is 0.628. The van der Waals surface area contributed by atoms with Crippen LogP contribution in [0.15, 0.2) is 18.2 Å². The van der Waals surface area contributed by atoms with Gasteiger partial charge in [0.1, 0.15) is 0 Å². The van der Waals surface area contributed by atoms with Crippen molar-refractivity contribution < 1.29 is 9.31 Å². The zero-order valence-electron chi connectivity index (χ0n) is 11.4. The van der Waals surface area contributed by atoms with E-state index >= 15 is 0 Å². The molecule has 2 unspecified atom stereocenters. The Morgan fingerprint density at radius 2 is 2.10 bits per heavy atom. The van der Waals surface area contributed by atoms with Crippen LogP contribution >= 0.6 is 0 Å². The Balaban J connectivity index is 1.72. The first-order valence-corrected chi connectivity index (χ1v) is 7.32. The predicted molar refractivity (Wildman–Crippen MR) is 73.8 cm³/mol. The summed E-state index contributed by atoms with van der Waals surface area (Å²) in [6.07, 6.45) is 6.41. The van der Waals surface area contributed by atoms with E-state index in [0.29, 0.717) is 12.6 Å². The molecule has 3 rings (SSSR count). The van der Waals surface area contributed by atoms with Gasteiger partial charge in [0, 0.05) is 18.7 Å². The lowest BCUT2D eigenvalue weighted by Crippen LogP contribution is -2.34. The second-order valence-corrected chi connectivity index (χ2v) is 5.91. The third-order valence-corrected chi connectivity index (χ3v) is 4.72. The third kappa shape index (κ3) is 2.54. The zero-order chi connectivity index (χ0) is 14.1. The normalized spacial score (nSPS) is 26.4. The Labute approximate surface area is 117 Å². The van der Waals surface area contributed by atoms with Crippen molar-refractivity contribution in [1.29, 1.82) is 0 Å². The molecule has 4 nitrogen and oxygen atoms in total. The number of nitro benzene ring substituents is 1. The molecule has 1 saturated carbocycles. The van der Waals surface area contributed by atoms with Gasteiger partial charge in [-0.1, -0.05) is 18.9 Å². The predicted octanol–water partition coefficient (Wildman–Crippen LogP) is 3.50. The molecule has 1 aliphatic carbocycles. The van der Waals surface area contributed by atoms with Gasteiger partial charge >= 0.3 is 5.69 Å². The molecule has 5 heteroatoms. The van der Waals surface area contributed by atoms with Crippen molar-refractivity contribution in [3.05, 3.63) is 39.7 Å². The van der Waals surface area contributed by atoms with Crippen molar-refractivity contribution >= 4 is 5.69 Å². The Morgan fingerprint density at radius 3 is 2.85 bits per heavy atom. The minimum absolute atomic E-state index is 0.439. The summed E-state index contributed by atoms with van der Waals surface area (Å²) in [6, 6.07) is 4.90. The number of nitro groups is 1. The van der Waals surface area contributed by atoms with Crippen LogP contribution in [0.5, 0.6) is 0 Å². The molecule has 20 heavy (non-hydrogen) atoms. The number of halogens is 1. The SMILES string of the molecule is O=[N+]([O-])c1ccc(CN2CCC3CCCCC32)cc1F. The number of likely N-dealkylation sites (tertiary alicyclic amines) is 1. The summed E-state index contributed by atoms with van der Waals surface area (Å²) in [5.74, 6) is 0.0681. The van der Waals surface area contributed by atoms with E-state index < -0.39 is 16.4 Å². The highest BCUT2D eigenvalue weighted by molar-refractivity contribution is 5.35. The van der Waals surface area contributed by atoms with Gasteiger partial charge in [0.05, 0.1) is 4.92 Å². The van der Waals surface area contributed by atoms with Crippen LogP contribution in [0.25, 0.3) is 0 Å². The van der Waals surface area contributed by atoms with Crippen LogP contribution in [0.3, 0.4) is 0 Å². The number of hydrogen-bond acceptors (Lipinski definition) is 3. The van der Waals surface area contributed by atoms with E-state index in [1.165, 1.54) is 44.2 Å². The second kappa shape index (κ2) is 5.48. The largest absolute Gasteiger partial charge is 0.304 e. The Kier molecular flexibility index (Phi) is 3.70. The lowest BCUT2D eigenvalue weighted by atomic mass is 9.85. The van der Waals surface area contributed by atoms with E-state index in [9.17, 15) is 14.5 Å². The number of hydrogen-bond donors (Lipinski definition) is 0. The van der Waals surface area contributed by atoms with Crippen LogP contribution in [-0.4, -0.2) is 22.4 Å².